The molecule has 2 aromatic carbocycles. The van der Waals surface area contributed by atoms with E-state index in [1.54, 1.807) is 12.1 Å². The van der Waals surface area contributed by atoms with E-state index < -0.39 is 0 Å². The highest BCUT2D eigenvalue weighted by Gasteiger charge is 2.09. The summed E-state index contributed by atoms with van der Waals surface area (Å²) in [4.78, 5) is 24.2. The van der Waals surface area contributed by atoms with E-state index >= 15 is 0 Å². The first-order valence-corrected chi connectivity index (χ1v) is 9.25. The van der Waals surface area contributed by atoms with Gasteiger partial charge in [-0.25, -0.2) is 0 Å². The fourth-order valence-corrected chi connectivity index (χ4v) is 2.44. The van der Waals surface area contributed by atoms with E-state index in [9.17, 15) is 9.59 Å². The Morgan fingerprint density at radius 2 is 1.85 bits per heavy atom. The summed E-state index contributed by atoms with van der Waals surface area (Å²) >= 11 is 0. The fraction of sp³-hybridized carbons (Fsp3) is 0.364. The second-order valence-corrected chi connectivity index (χ2v) is 6.79. The number of rotatable bonds is 8. The second-order valence-electron chi connectivity index (χ2n) is 6.79. The van der Waals surface area contributed by atoms with E-state index in [1.807, 2.05) is 58.0 Å². The second kappa shape index (κ2) is 9.76. The Morgan fingerprint density at radius 1 is 1.07 bits per heavy atom. The Hall–Kier alpha value is -2.82. The fourth-order valence-electron chi connectivity index (χ4n) is 2.44. The minimum absolute atomic E-state index is 0.0449. The number of nitrogens with one attached hydrogen (secondary N) is 2. The first kappa shape index (κ1) is 20.5. The van der Waals surface area contributed by atoms with E-state index in [2.05, 4.69) is 10.6 Å². The van der Waals surface area contributed by atoms with Crippen molar-refractivity contribution in [1.29, 1.82) is 0 Å². The van der Waals surface area contributed by atoms with Crippen LogP contribution in [0.4, 0.5) is 0 Å². The molecule has 2 aromatic rings. The van der Waals surface area contributed by atoms with Crippen LogP contribution in [-0.4, -0.2) is 24.5 Å². The highest BCUT2D eigenvalue weighted by Crippen LogP contribution is 2.16. The molecule has 5 heteroatoms. The van der Waals surface area contributed by atoms with Gasteiger partial charge in [-0.2, -0.15) is 0 Å². The molecule has 0 aromatic heterocycles. The summed E-state index contributed by atoms with van der Waals surface area (Å²) in [7, 11) is 0. The van der Waals surface area contributed by atoms with Crippen LogP contribution in [-0.2, 0) is 11.3 Å². The summed E-state index contributed by atoms with van der Waals surface area (Å²) < 4.78 is 5.53. The van der Waals surface area contributed by atoms with Crippen LogP contribution < -0.4 is 15.4 Å². The molecule has 0 aliphatic rings. The summed E-state index contributed by atoms with van der Waals surface area (Å²) in [5, 5.41) is 5.76. The number of hydrogen-bond donors (Lipinski definition) is 2. The lowest BCUT2D eigenvalue weighted by atomic mass is 10.1. The lowest BCUT2D eigenvalue weighted by molar-refractivity contribution is -0.123. The average Bonchev–Trinajstić information content (AvgIpc) is 2.67. The largest absolute Gasteiger partial charge is 0.484 e. The molecule has 1 unspecified atom stereocenters. The molecule has 5 nitrogen and oxygen atoms in total. The van der Waals surface area contributed by atoms with Gasteiger partial charge in [-0.3, -0.25) is 9.59 Å². The van der Waals surface area contributed by atoms with Gasteiger partial charge in [-0.15, -0.1) is 0 Å². The molecule has 0 spiro atoms. The van der Waals surface area contributed by atoms with Crippen molar-refractivity contribution in [2.24, 2.45) is 0 Å². The normalized spacial score (nSPS) is 11.6. The molecular formula is C22H28N2O3. The van der Waals surface area contributed by atoms with Gasteiger partial charge in [-0.1, -0.05) is 25.1 Å². The van der Waals surface area contributed by atoms with E-state index in [0.717, 1.165) is 17.5 Å². The zero-order valence-corrected chi connectivity index (χ0v) is 16.5. The van der Waals surface area contributed by atoms with Crippen molar-refractivity contribution < 1.29 is 14.3 Å². The minimum atomic E-state index is -0.206. The molecule has 0 aliphatic carbocycles. The first-order valence-electron chi connectivity index (χ1n) is 9.25. The van der Waals surface area contributed by atoms with Crippen molar-refractivity contribution in [3.05, 3.63) is 64.7 Å². The molecule has 0 bridgehead atoms. The smallest absolute Gasteiger partial charge is 0.258 e. The maximum Gasteiger partial charge on any atom is 0.258 e. The van der Waals surface area contributed by atoms with Crippen LogP contribution >= 0.6 is 0 Å². The Labute approximate surface area is 161 Å². The zero-order chi connectivity index (χ0) is 19.8. The summed E-state index contributed by atoms with van der Waals surface area (Å²) in [6, 6.07) is 13.1. The lowest BCUT2D eigenvalue weighted by Crippen LogP contribution is -2.32. The quantitative estimate of drug-likeness (QED) is 0.749. The van der Waals surface area contributed by atoms with Crippen LogP contribution in [0.25, 0.3) is 0 Å². The minimum Gasteiger partial charge on any atom is -0.484 e. The van der Waals surface area contributed by atoms with Crippen molar-refractivity contribution in [2.75, 3.05) is 6.61 Å². The van der Waals surface area contributed by atoms with Crippen LogP contribution in [0.15, 0.2) is 42.5 Å². The predicted octanol–water partition coefficient (Wildman–Crippen LogP) is 3.53. The number of benzene rings is 2. The van der Waals surface area contributed by atoms with Gasteiger partial charge in [0, 0.05) is 18.2 Å². The van der Waals surface area contributed by atoms with Gasteiger partial charge in [0.05, 0.1) is 0 Å². The molecule has 2 rings (SSSR count). The van der Waals surface area contributed by atoms with Crippen molar-refractivity contribution in [3.63, 3.8) is 0 Å². The summed E-state index contributed by atoms with van der Waals surface area (Å²) in [6.45, 7) is 8.33. The van der Waals surface area contributed by atoms with Crippen molar-refractivity contribution in [2.45, 2.75) is 46.7 Å². The SMILES string of the molecule is CCC(C)NC(=O)c1cccc(CNC(=O)COc2ccc(C)c(C)c2)c1. The van der Waals surface area contributed by atoms with E-state index in [-0.39, 0.29) is 24.5 Å². The number of hydrogen-bond acceptors (Lipinski definition) is 3. The lowest BCUT2D eigenvalue weighted by Gasteiger charge is -2.12. The van der Waals surface area contributed by atoms with Gasteiger partial charge in [0.15, 0.2) is 6.61 Å². The molecule has 0 saturated carbocycles. The Bertz CT molecular complexity index is 802. The third kappa shape index (κ3) is 6.44. The molecule has 144 valence electrons. The molecular weight excluding hydrogens is 340 g/mol. The van der Waals surface area contributed by atoms with Crippen LogP contribution in [0.2, 0.25) is 0 Å². The number of amides is 2. The third-order valence-electron chi connectivity index (χ3n) is 4.52. The van der Waals surface area contributed by atoms with Crippen LogP contribution in [0.3, 0.4) is 0 Å². The van der Waals surface area contributed by atoms with E-state index in [4.69, 9.17) is 4.74 Å². The van der Waals surface area contributed by atoms with Crippen LogP contribution in [0.1, 0.15) is 47.3 Å². The average molecular weight is 368 g/mol. The first-order chi connectivity index (χ1) is 12.9. The summed E-state index contributed by atoms with van der Waals surface area (Å²) in [5.74, 6) is 0.371. The molecule has 0 aliphatic heterocycles. The number of carbonyl (C=O) groups is 2. The monoisotopic (exact) mass is 368 g/mol. The maximum absolute atomic E-state index is 12.2. The van der Waals surface area contributed by atoms with Gasteiger partial charge in [0.2, 0.25) is 0 Å². The highest BCUT2D eigenvalue weighted by molar-refractivity contribution is 5.94. The molecule has 2 amide bonds. The van der Waals surface area contributed by atoms with Crippen molar-refractivity contribution in [3.8, 4) is 5.75 Å². The molecule has 2 N–H and O–H groups in total. The van der Waals surface area contributed by atoms with Crippen molar-refractivity contribution in [1.82, 2.24) is 10.6 Å². The van der Waals surface area contributed by atoms with Crippen molar-refractivity contribution >= 4 is 11.8 Å². The van der Waals surface area contributed by atoms with E-state index in [1.165, 1.54) is 5.56 Å². The Kier molecular flexibility index (Phi) is 7.41. The third-order valence-corrected chi connectivity index (χ3v) is 4.52. The van der Waals surface area contributed by atoms with Crippen LogP contribution in [0.5, 0.6) is 5.75 Å². The Morgan fingerprint density at radius 3 is 2.56 bits per heavy atom. The van der Waals surface area contributed by atoms with Gasteiger partial charge in [-0.05, 0) is 68.1 Å². The summed E-state index contributed by atoms with van der Waals surface area (Å²) in [6.07, 6.45) is 0.877. The van der Waals surface area contributed by atoms with Gasteiger partial charge in [0.25, 0.3) is 11.8 Å². The summed E-state index contributed by atoms with van der Waals surface area (Å²) in [5.41, 5.74) is 3.77. The number of ether oxygens (including phenoxy) is 1. The molecule has 27 heavy (non-hydrogen) atoms. The van der Waals surface area contributed by atoms with E-state index in [0.29, 0.717) is 17.9 Å². The molecule has 0 fully saturated rings. The molecule has 0 heterocycles. The zero-order valence-electron chi connectivity index (χ0n) is 16.5. The standard InChI is InChI=1S/C22H28N2O3/c1-5-17(4)24-22(26)19-8-6-7-18(12-19)13-23-21(25)14-27-20-10-9-15(2)16(3)11-20/h6-12,17H,5,13-14H2,1-4H3,(H,23,25)(H,24,26). The number of carbonyl (C=O) groups excluding carboxylic acids is 2. The Balaban J connectivity index is 1.85. The topological polar surface area (TPSA) is 67.4 Å². The number of aryl methyl sites for hydroxylation is 2. The van der Waals surface area contributed by atoms with Gasteiger partial charge in [0.1, 0.15) is 5.75 Å². The molecule has 1 atom stereocenters. The molecule has 0 saturated heterocycles. The van der Waals surface area contributed by atoms with Gasteiger partial charge >= 0.3 is 0 Å². The predicted molar refractivity (Wildman–Crippen MR) is 107 cm³/mol. The van der Waals surface area contributed by atoms with Crippen LogP contribution in [0, 0.1) is 13.8 Å². The van der Waals surface area contributed by atoms with Gasteiger partial charge < -0.3 is 15.4 Å². The maximum atomic E-state index is 12.2. The highest BCUT2D eigenvalue weighted by atomic mass is 16.5. The molecule has 0 radical (unpaired) electrons.